The van der Waals surface area contributed by atoms with Crippen molar-refractivity contribution in [1.29, 1.82) is 0 Å². The van der Waals surface area contributed by atoms with E-state index >= 15 is 17.6 Å². The van der Waals surface area contributed by atoms with Gasteiger partial charge in [-0.2, -0.15) is 0 Å². The molecule has 0 radical (unpaired) electrons. The van der Waals surface area contributed by atoms with E-state index in [4.69, 9.17) is 0 Å². The number of hydrogen-bond donors (Lipinski definition) is 0. The summed E-state index contributed by atoms with van der Waals surface area (Å²) >= 11 is 0.515. The number of halogens is 10. The predicted molar refractivity (Wildman–Crippen MR) is 140 cm³/mol. The summed E-state index contributed by atoms with van der Waals surface area (Å²) in [5, 5.41) is 0. The molecule has 0 atom stereocenters. The quantitative estimate of drug-likeness (QED) is 0.0711. The topological polar surface area (TPSA) is 4.36 Å². The van der Waals surface area contributed by atoms with Crippen LogP contribution in [0.5, 0.6) is 0 Å². The highest BCUT2D eigenvalue weighted by atomic mass is 32.2. The smallest absolute Gasteiger partial charge is 0.329 e. The van der Waals surface area contributed by atoms with E-state index in [1.807, 2.05) is 6.07 Å². The van der Waals surface area contributed by atoms with Gasteiger partial charge in [-0.15, -0.1) is 11.8 Å². The third-order valence-electron chi connectivity index (χ3n) is 5.93. The number of aryl methyl sites for hydroxylation is 1. The van der Waals surface area contributed by atoms with Crippen LogP contribution in [0, 0.1) is 76.6 Å². The van der Waals surface area contributed by atoms with E-state index in [1.165, 1.54) is 32.9 Å². The Labute approximate surface area is 233 Å². The van der Waals surface area contributed by atoms with E-state index in [-0.39, 0.29) is 4.90 Å². The second-order valence-electron chi connectivity index (χ2n) is 10.1. The molecule has 0 N–H and O–H groups in total. The third-order valence-corrected chi connectivity index (χ3v) is 7.13. The van der Waals surface area contributed by atoms with Gasteiger partial charge in [-0.05, 0) is 35.4 Å². The fourth-order valence-electron chi connectivity index (χ4n) is 4.17. The lowest BCUT2D eigenvalue weighted by molar-refractivity contribution is 0.382. The Kier molecular flexibility index (Phi) is 9.08. The van der Waals surface area contributed by atoms with Gasteiger partial charge in [-0.1, -0.05) is 55.9 Å². The van der Waals surface area contributed by atoms with E-state index in [0.29, 0.717) is 17.8 Å². The van der Waals surface area contributed by atoms with Crippen molar-refractivity contribution in [2.24, 2.45) is 5.41 Å². The lowest BCUT2D eigenvalue weighted by Gasteiger charge is -2.32. The Morgan fingerprint density at radius 2 is 1.07 bits per heavy atom. The molecule has 3 aromatic rings. The zero-order valence-electron chi connectivity index (χ0n) is 21.9. The second kappa shape index (κ2) is 11.7. The summed E-state index contributed by atoms with van der Waals surface area (Å²) in [4.78, 5) is -0.402. The number of thioether (sulfide) groups is 1. The van der Waals surface area contributed by atoms with E-state index in [2.05, 4.69) is 11.3 Å². The molecule has 3 rings (SSSR count). The van der Waals surface area contributed by atoms with Crippen LogP contribution in [0.4, 0.5) is 43.9 Å². The molecule has 216 valence electrons. The Morgan fingerprint density at radius 3 is 1.41 bits per heavy atom. The van der Waals surface area contributed by atoms with Crippen LogP contribution in [-0.4, -0.2) is 6.28 Å². The van der Waals surface area contributed by atoms with Gasteiger partial charge in [-0.25, -0.2) is 43.9 Å². The summed E-state index contributed by atoms with van der Waals surface area (Å²) in [6.45, 7) is 9.47. The molecular weight excluding hydrogens is 583 g/mol. The molecule has 0 aliphatic carbocycles. The highest BCUT2D eigenvalue weighted by Crippen LogP contribution is 2.40. The molecule has 3 aromatic carbocycles. The molecule has 0 aromatic heterocycles. The highest BCUT2D eigenvalue weighted by Gasteiger charge is 2.57. The minimum Gasteiger partial charge on any atom is -0.329 e. The van der Waals surface area contributed by atoms with Crippen molar-refractivity contribution in [1.82, 2.24) is 0 Å². The molecule has 1 nitrogen and oxygen atoms in total. The van der Waals surface area contributed by atoms with Gasteiger partial charge in [0.2, 0.25) is 6.07 Å². The van der Waals surface area contributed by atoms with Gasteiger partial charge in [0.1, 0.15) is 23.3 Å². The first kappa shape index (κ1) is 31.9. The Hall–Kier alpha value is -3.66. The fourth-order valence-corrected chi connectivity index (χ4v) is 5.58. The Morgan fingerprint density at radius 1 is 0.707 bits per heavy atom. The number of rotatable bonds is 5. The predicted octanol–water partition coefficient (Wildman–Crippen LogP) is 8.23. The average molecular weight is 603 g/mol. The van der Waals surface area contributed by atoms with Gasteiger partial charge in [0, 0.05) is 4.90 Å². The maximum atomic E-state index is 15.6. The van der Waals surface area contributed by atoms with Gasteiger partial charge in [0.25, 0.3) is 0 Å². The van der Waals surface area contributed by atoms with Crippen LogP contribution in [0.1, 0.15) is 26.3 Å². The minimum atomic E-state index is -4.63. The molecule has 0 bridgehead atoms. The molecule has 0 amide bonds. The molecule has 0 spiro atoms. The number of allylic oxidation sites excluding steroid dienone is 2. The van der Waals surface area contributed by atoms with Gasteiger partial charge in [0.05, 0.1) is 6.08 Å². The van der Waals surface area contributed by atoms with Gasteiger partial charge >= 0.3 is 6.28 Å². The van der Waals surface area contributed by atoms with Crippen molar-refractivity contribution in [3.05, 3.63) is 116 Å². The Bertz CT molecular complexity index is 1510. The fraction of sp³-hybridized carbons (Fsp3) is 0.179. The van der Waals surface area contributed by atoms with Crippen LogP contribution >= 0.6 is 11.8 Å². The first-order valence-electron chi connectivity index (χ1n) is 11.7. The van der Waals surface area contributed by atoms with Crippen molar-refractivity contribution < 1.29 is 43.9 Å². The summed E-state index contributed by atoms with van der Waals surface area (Å²) in [7, 11) is 0. The monoisotopic (exact) mass is 603 g/mol. The SMILES string of the molecule is C=CC#[N+][B-](/C(=C/C(C)(C)C)Sc1ccc(C)cc1)(c1c(F)c(F)c(F)c(F)c1F)c1c(F)c(F)c(F)c(F)c1F. The molecule has 13 heteroatoms. The lowest BCUT2D eigenvalue weighted by Crippen LogP contribution is -2.63. The van der Waals surface area contributed by atoms with Gasteiger partial charge in [-0.3, -0.25) is 0 Å². The summed E-state index contributed by atoms with van der Waals surface area (Å²) in [6, 6.07) is 8.03. The minimum absolute atomic E-state index is 0.207. The van der Waals surface area contributed by atoms with Crippen LogP contribution in [0.25, 0.3) is 4.76 Å². The summed E-state index contributed by atoms with van der Waals surface area (Å²) in [5.74, 6) is -25.7. The van der Waals surface area contributed by atoms with Crippen LogP contribution in [-0.2, 0) is 0 Å². The standard InChI is InChI=1S/C28H20BF10NS/c1-6-11-40-29(16-18(30)22(34)26(38)23(35)19(16)31,17-20(32)24(36)27(39)25(37)21(17)33)15(12-28(3,4)5)41-14-9-7-13(2)8-10-14/h6-10,12H,1H2,2-5H3/b15-12-. The van der Waals surface area contributed by atoms with Crippen molar-refractivity contribution in [3.8, 4) is 6.07 Å². The number of nitrogens with zero attached hydrogens (tertiary/aromatic N) is 1. The summed E-state index contributed by atoms with van der Waals surface area (Å²) in [6.07, 6.45) is -2.80. The molecule has 0 aliphatic heterocycles. The molecule has 0 heterocycles. The largest absolute Gasteiger partial charge is 0.496 e. The first-order valence-corrected chi connectivity index (χ1v) is 12.6. The zero-order chi connectivity index (χ0) is 31.0. The second-order valence-corrected chi connectivity index (χ2v) is 11.2. The van der Waals surface area contributed by atoms with Gasteiger partial charge < -0.3 is 4.76 Å². The van der Waals surface area contributed by atoms with Crippen LogP contribution in [0.15, 0.2) is 52.7 Å². The molecule has 0 unspecified atom stereocenters. The van der Waals surface area contributed by atoms with E-state index < -0.39 is 85.6 Å². The Balaban J connectivity index is 2.77. The van der Waals surface area contributed by atoms with Crippen molar-refractivity contribution in [2.45, 2.75) is 32.6 Å². The molecule has 0 fully saturated rings. The van der Waals surface area contributed by atoms with Crippen LogP contribution in [0.3, 0.4) is 0 Å². The highest BCUT2D eigenvalue weighted by molar-refractivity contribution is 8.05. The van der Waals surface area contributed by atoms with Crippen LogP contribution in [0.2, 0.25) is 0 Å². The number of hydrogen-bond acceptors (Lipinski definition) is 1. The number of benzene rings is 3. The maximum absolute atomic E-state index is 15.6. The van der Waals surface area contributed by atoms with Crippen molar-refractivity contribution in [3.63, 3.8) is 0 Å². The molecule has 0 saturated carbocycles. The van der Waals surface area contributed by atoms with E-state index in [9.17, 15) is 26.3 Å². The molecular formula is C28H20BF10NS. The van der Waals surface area contributed by atoms with E-state index in [0.717, 1.165) is 11.6 Å². The van der Waals surface area contributed by atoms with Crippen molar-refractivity contribution in [2.75, 3.05) is 0 Å². The van der Waals surface area contributed by atoms with E-state index in [1.54, 1.807) is 19.1 Å². The molecule has 0 saturated heterocycles. The first-order chi connectivity index (χ1) is 19.0. The maximum Gasteiger partial charge on any atom is 0.496 e. The average Bonchev–Trinajstić information content (AvgIpc) is 2.91. The van der Waals surface area contributed by atoms with Gasteiger partial charge in [0.15, 0.2) is 34.9 Å². The molecule has 0 aliphatic rings. The van der Waals surface area contributed by atoms with Crippen LogP contribution < -0.4 is 10.9 Å². The normalized spacial score (nSPS) is 12.3. The summed E-state index contributed by atoms with van der Waals surface area (Å²) < 4.78 is 153. The third kappa shape index (κ3) is 5.75. The summed E-state index contributed by atoms with van der Waals surface area (Å²) in [5.41, 5.74) is -4.22. The molecule has 41 heavy (non-hydrogen) atoms. The lowest BCUT2D eigenvalue weighted by atomic mass is 9.27. The van der Waals surface area contributed by atoms with Crippen molar-refractivity contribution >= 4 is 29.0 Å². The zero-order valence-corrected chi connectivity index (χ0v) is 22.7.